The number of carboxylic acid groups (broad SMARTS) is 2. The van der Waals surface area contributed by atoms with E-state index >= 15 is 0 Å². The molecule has 4 nitrogen and oxygen atoms in total. The summed E-state index contributed by atoms with van der Waals surface area (Å²) in [7, 11) is 0. The summed E-state index contributed by atoms with van der Waals surface area (Å²) in [6.07, 6.45) is 0. The molecule has 6 heteroatoms. The molecule has 0 rings (SSSR count). The number of hydrogen-bond donors (Lipinski definition) is 2. The Kier molecular flexibility index (Phi) is 37.4. The Labute approximate surface area is 111 Å². The van der Waals surface area contributed by atoms with Crippen molar-refractivity contribution in [3.05, 3.63) is 0 Å². The predicted molar refractivity (Wildman–Crippen MR) is 32.4 cm³/mol. The second kappa shape index (κ2) is 16.7. The van der Waals surface area contributed by atoms with Gasteiger partial charge in [0.25, 0.3) is 11.9 Å². The molecule has 48 valence electrons. The van der Waals surface area contributed by atoms with E-state index in [0.717, 1.165) is 13.8 Å². The van der Waals surface area contributed by atoms with Crippen LogP contribution in [-0.2, 0) is 9.59 Å². The van der Waals surface area contributed by atoms with Crippen LogP contribution in [0.3, 0.4) is 0 Å². The van der Waals surface area contributed by atoms with Crippen LogP contribution in [0.4, 0.5) is 0 Å². The Balaban J connectivity index is -0.0000000300. The van der Waals surface area contributed by atoms with Gasteiger partial charge in [-0.15, -0.1) is 0 Å². The molecule has 0 aliphatic rings. The minimum absolute atomic E-state index is 0. The quantitative estimate of drug-likeness (QED) is 0.388. The fourth-order valence-corrected chi connectivity index (χ4v) is 0. The normalized spacial score (nSPS) is 5.00. The summed E-state index contributed by atoms with van der Waals surface area (Å²) in [6, 6.07) is 0. The summed E-state index contributed by atoms with van der Waals surface area (Å²) in [4.78, 5) is 18.0. The molecule has 0 aromatic rings. The monoisotopic (exact) mass is 183 g/mol. The molecule has 0 aliphatic carbocycles. The Bertz CT molecular complexity index is 75.3. The van der Waals surface area contributed by atoms with E-state index in [-0.39, 0.29) is 67.3 Å². The molecule has 0 aromatic heterocycles. The number of carboxylic acids is 2. The molecule has 10 heavy (non-hydrogen) atoms. The zero-order chi connectivity index (χ0) is 7.15. The summed E-state index contributed by atoms with van der Waals surface area (Å²) in [6.45, 7) is 2.17. The zero-order valence-electron chi connectivity index (χ0n) is 6.42. The van der Waals surface area contributed by atoms with Crippen molar-refractivity contribution in [3.8, 4) is 0 Å². The van der Waals surface area contributed by atoms with Crippen molar-refractivity contribution in [2.45, 2.75) is 13.8 Å². The maximum atomic E-state index is 9.00. The van der Waals surface area contributed by atoms with Crippen LogP contribution in [0.2, 0.25) is 0 Å². The summed E-state index contributed by atoms with van der Waals surface area (Å²) >= 11 is 0. The third-order valence-corrected chi connectivity index (χ3v) is 0. The van der Waals surface area contributed by atoms with E-state index in [9.17, 15) is 0 Å². The second-order valence-electron chi connectivity index (χ2n) is 1.04. The van der Waals surface area contributed by atoms with Crippen molar-refractivity contribution in [1.29, 1.82) is 0 Å². The Morgan fingerprint density at radius 3 is 1.00 bits per heavy atom. The molecule has 0 amide bonds. The molecule has 0 fully saturated rings. The first kappa shape index (κ1) is 22.5. The summed E-state index contributed by atoms with van der Waals surface area (Å²) in [5, 5.41) is 14.8. The maximum Gasteiger partial charge on any atom is 2.00 e. The van der Waals surface area contributed by atoms with Crippen LogP contribution in [0.1, 0.15) is 13.8 Å². The van der Waals surface area contributed by atoms with Crippen LogP contribution in [0, 0.1) is 0 Å². The number of hydrogen-bond acceptors (Lipinski definition) is 2. The molecule has 0 saturated heterocycles. The first-order chi connectivity index (χ1) is 3.46. The van der Waals surface area contributed by atoms with Crippen LogP contribution >= 0.6 is 0 Å². The van der Waals surface area contributed by atoms with Crippen molar-refractivity contribution in [2.75, 3.05) is 0 Å². The Morgan fingerprint density at radius 2 is 1.00 bits per heavy atom. The third kappa shape index (κ3) is 430. The van der Waals surface area contributed by atoms with Gasteiger partial charge in [-0.1, -0.05) is 0 Å². The zero-order valence-corrected chi connectivity index (χ0v) is 10.6. The minimum atomic E-state index is -0.833. The minimum Gasteiger partial charge on any atom is -0.481 e. The van der Waals surface area contributed by atoms with Crippen LogP contribution in [0.25, 0.3) is 0 Å². The largest absolute Gasteiger partial charge is 2.00 e. The van der Waals surface area contributed by atoms with Gasteiger partial charge in [-0.25, -0.2) is 0 Å². The van der Waals surface area contributed by atoms with Gasteiger partial charge in [-0.2, -0.15) is 0 Å². The van der Waals surface area contributed by atoms with Crippen LogP contribution < -0.4 is 29.6 Å². The van der Waals surface area contributed by atoms with E-state index in [0.29, 0.717) is 0 Å². The molecule has 0 atom stereocenters. The average Bonchev–Trinajstić information content (AvgIpc) is 1.25. The van der Waals surface area contributed by atoms with Crippen molar-refractivity contribution in [3.63, 3.8) is 0 Å². The van der Waals surface area contributed by atoms with E-state index < -0.39 is 11.9 Å². The summed E-state index contributed by atoms with van der Waals surface area (Å²) in [5.41, 5.74) is 0. The SMILES string of the molecule is CC(=O)O.CC(=O)O.[Ca+2].[Na+]. The molecule has 0 aromatic carbocycles. The first-order valence-corrected chi connectivity index (χ1v) is 1.86. The topological polar surface area (TPSA) is 74.6 Å². The Hall–Kier alpha value is 1.20. The van der Waals surface area contributed by atoms with Gasteiger partial charge in [0.1, 0.15) is 0 Å². The van der Waals surface area contributed by atoms with Gasteiger partial charge in [0.2, 0.25) is 0 Å². The molecule has 0 saturated carbocycles. The fourth-order valence-electron chi connectivity index (χ4n) is 0. The molecule has 0 unspecified atom stereocenters. The van der Waals surface area contributed by atoms with E-state index in [4.69, 9.17) is 19.8 Å². The van der Waals surface area contributed by atoms with Gasteiger partial charge in [-0.3, -0.25) is 9.59 Å². The van der Waals surface area contributed by atoms with Crippen LogP contribution in [0.15, 0.2) is 0 Å². The summed E-state index contributed by atoms with van der Waals surface area (Å²) < 4.78 is 0. The van der Waals surface area contributed by atoms with E-state index in [1.165, 1.54) is 0 Å². The van der Waals surface area contributed by atoms with E-state index in [1.807, 2.05) is 0 Å². The van der Waals surface area contributed by atoms with Gasteiger partial charge in [0.05, 0.1) is 0 Å². The maximum absolute atomic E-state index is 9.00. The molecule has 0 spiro atoms. The smallest absolute Gasteiger partial charge is 0.481 e. The standard InChI is InChI=1S/2C2H4O2.Ca.Na/c2*1-2(3)4;;/h2*1H3,(H,3,4);;/q;;+2;+1. The van der Waals surface area contributed by atoms with Gasteiger partial charge < -0.3 is 10.2 Å². The van der Waals surface area contributed by atoms with Crippen molar-refractivity contribution in [2.24, 2.45) is 0 Å². The van der Waals surface area contributed by atoms with Gasteiger partial charge in [-0.05, 0) is 0 Å². The first-order valence-electron chi connectivity index (χ1n) is 1.86. The Morgan fingerprint density at radius 1 is 1.00 bits per heavy atom. The molecule has 0 aliphatic heterocycles. The van der Waals surface area contributed by atoms with Crippen LogP contribution in [0.5, 0.6) is 0 Å². The van der Waals surface area contributed by atoms with Crippen molar-refractivity contribution in [1.82, 2.24) is 0 Å². The number of aliphatic carboxylic acids is 2. The van der Waals surface area contributed by atoms with Crippen molar-refractivity contribution >= 4 is 49.7 Å². The molecule has 2 N–H and O–H groups in total. The molecule has 0 bridgehead atoms. The van der Waals surface area contributed by atoms with E-state index in [2.05, 4.69) is 0 Å². The predicted octanol–water partition coefficient (Wildman–Crippen LogP) is -3.19. The third-order valence-electron chi connectivity index (χ3n) is 0. The second-order valence-corrected chi connectivity index (χ2v) is 1.04. The summed E-state index contributed by atoms with van der Waals surface area (Å²) in [5.74, 6) is -1.67. The molecular weight excluding hydrogens is 175 g/mol. The molecule has 0 heterocycles. The van der Waals surface area contributed by atoms with Gasteiger partial charge in [0.15, 0.2) is 0 Å². The van der Waals surface area contributed by atoms with Gasteiger partial charge in [0, 0.05) is 13.8 Å². The number of carbonyl (C=O) groups is 2. The molecule has 0 radical (unpaired) electrons. The van der Waals surface area contributed by atoms with E-state index in [1.54, 1.807) is 0 Å². The fraction of sp³-hybridized carbons (Fsp3) is 0.500. The van der Waals surface area contributed by atoms with Crippen molar-refractivity contribution < 1.29 is 49.4 Å². The number of rotatable bonds is 0. The van der Waals surface area contributed by atoms with Crippen LogP contribution in [-0.4, -0.2) is 59.9 Å². The average molecular weight is 183 g/mol. The molecular formula is C4H8CaNaO4+3. The van der Waals surface area contributed by atoms with Gasteiger partial charge >= 0.3 is 67.3 Å².